The van der Waals surface area contributed by atoms with Crippen LogP contribution in [0.3, 0.4) is 0 Å². The van der Waals surface area contributed by atoms with Gasteiger partial charge in [-0.2, -0.15) is 4.99 Å². The smallest absolute Gasteiger partial charge is 0.279 e. The maximum atomic E-state index is 12.7. The van der Waals surface area contributed by atoms with Crippen LogP contribution in [0.1, 0.15) is 17.3 Å². The molecular weight excluding hydrogens is 382 g/mol. The molecule has 0 bridgehead atoms. The number of thioether (sulfide) groups is 1. The van der Waals surface area contributed by atoms with Crippen LogP contribution in [-0.2, 0) is 6.54 Å². The van der Waals surface area contributed by atoms with Gasteiger partial charge in [0.15, 0.2) is 4.80 Å². The molecule has 0 aliphatic rings. The van der Waals surface area contributed by atoms with Crippen molar-refractivity contribution in [3.05, 3.63) is 75.6 Å². The topological polar surface area (TPSA) is 77.5 Å². The molecule has 0 radical (unpaired) electrons. The van der Waals surface area contributed by atoms with Gasteiger partial charge in [0, 0.05) is 29.1 Å². The highest BCUT2D eigenvalue weighted by Crippen LogP contribution is 2.23. The molecule has 3 rings (SSSR count). The van der Waals surface area contributed by atoms with E-state index in [4.69, 9.17) is 0 Å². The van der Waals surface area contributed by atoms with E-state index in [1.165, 1.54) is 23.5 Å². The minimum absolute atomic E-state index is 0.000260. The monoisotopic (exact) mass is 399 g/mol. The van der Waals surface area contributed by atoms with Crippen molar-refractivity contribution in [2.75, 3.05) is 5.75 Å². The number of thiazole rings is 1. The SMILES string of the molecule is C=CCn1c(=NC(=O)c2cccc(SCC)c2)sc2ccc([N+](=O)[O-])cc21. The fraction of sp³-hybridized carbons (Fsp3) is 0.158. The van der Waals surface area contributed by atoms with E-state index in [0.29, 0.717) is 22.4 Å². The van der Waals surface area contributed by atoms with Gasteiger partial charge in [-0.25, -0.2) is 0 Å². The predicted molar refractivity (Wildman–Crippen MR) is 109 cm³/mol. The molecule has 6 nitrogen and oxygen atoms in total. The Bertz CT molecular complexity index is 1100. The summed E-state index contributed by atoms with van der Waals surface area (Å²) in [6.45, 7) is 6.19. The number of benzene rings is 2. The van der Waals surface area contributed by atoms with E-state index in [9.17, 15) is 14.9 Å². The van der Waals surface area contributed by atoms with Gasteiger partial charge in [0.2, 0.25) is 0 Å². The summed E-state index contributed by atoms with van der Waals surface area (Å²) >= 11 is 2.98. The van der Waals surface area contributed by atoms with E-state index in [0.717, 1.165) is 15.3 Å². The zero-order valence-corrected chi connectivity index (χ0v) is 16.3. The van der Waals surface area contributed by atoms with Gasteiger partial charge < -0.3 is 4.57 Å². The van der Waals surface area contributed by atoms with E-state index in [1.54, 1.807) is 34.5 Å². The van der Waals surface area contributed by atoms with Gasteiger partial charge in [0.05, 0.1) is 15.1 Å². The second-order valence-corrected chi connectivity index (χ2v) is 7.92. The molecule has 0 aliphatic carbocycles. The van der Waals surface area contributed by atoms with Gasteiger partial charge in [-0.15, -0.1) is 18.3 Å². The molecule has 0 atom stereocenters. The van der Waals surface area contributed by atoms with E-state index in [-0.39, 0.29) is 11.6 Å². The van der Waals surface area contributed by atoms with Gasteiger partial charge in [0.1, 0.15) is 0 Å². The number of hydrogen-bond donors (Lipinski definition) is 0. The maximum absolute atomic E-state index is 12.7. The van der Waals surface area contributed by atoms with E-state index >= 15 is 0 Å². The summed E-state index contributed by atoms with van der Waals surface area (Å²) in [4.78, 5) is 29.1. The molecule has 1 amide bonds. The number of non-ortho nitro benzene ring substituents is 1. The highest BCUT2D eigenvalue weighted by molar-refractivity contribution is 7.99. The summed E-state index contributed by atoms with van der Waals surface area (Å²) in [6.07, 6.45) is 1.67. The normalized spacial score (nSPS) is 11.7. The van der Waals surface area contributed by atoms with E-state index in [2.05, 4.69) is 18.5 Å². The number of amides is 1. The summed E-state index contributed by atoms with van der Waals surface area (Å²) in [6, 6.07) is 12.0. The Morgan fingerprint density at radius 2 is 2.19 bits per heavy atom. The fourth-order valence-corrected chi connectivity index (χ4v) is 4.34. The molecule has 0 aliphatic heterocycles. The van der Waals surface area contributed by atoms with E-state index in [1.807, 2.05) is 18.2 Å². The number of hydrogen-bond acceptors (Lipinski definition) is 5. The lowest BCUT2D eigenvalue weighted by Gasteiger charge is -2.02. The van der Waals surface area contributed by atoms with Crippen LogP contribution >= 0.6 is 23.1 Å². The first-order chi connectivity index (χ1) is 13.0. The summed E-state index contributed by atoms with van der Waals surface area (Å²) < 4.78 is 2.59. The second kappa shape index (κ2) is 8.32. The number of nitro benzene ring substituents is 1. The lowest BCUT2D eigenvalue weighted by atomic mass is 10.2. The first kappa shape index (κ1) is 19.1. The minimum Gasteiger partial charge on any atom is -0.312 e. The Hall–Kier alpha value is -2.71. The zero-order valence-electron chi connectivity index (χ0n) is 14.6. The molecule has 8 heteroatoms. The Kier molecular flexibility index (Phi) is 5.88. The highest BCUT2D eigenvalue weighted by Gasteiger charge is 2.13. The largest absolute Gasteiger partial charge is 0.312 e. The molecular formula is C19H17N3O3S2. The third-order valence-electron chi connectivity index (χ3n) is 3.78. The Morgan fingerprint density at radius 3 is 2.89 bits per heavy atom. The van der Waals surface area contributed by atoms with Crippen LogP contribution in [0.4, 0.5) is 5.69 Å². The molecule has 2 aromatic carbocycles. The molecule has 1 aromatic heterocycles. The molecule has 0 unspecified atom stereocenters. The maximum Gasteiger partial charge on any atom is 0.279 e. The summed E-state index contributed by atoms with van der Waals surface area (Å²) in [5, 5.41) is 11.1. The van der Waals surface area contributed by atoms with Crippen LogP contribution in [0.5, 0.6) is 0 Å². The molecule has 3 aromatic rings. The van der Waals surface area contributed by atoms with Crippen LogP contribution in [0, 0.1) is 10.1 Å². The van der Waals surface area contributed by atoms with E-state index < -0.39 is 4.92 Å². The summed E-state index contributed by atoms with van der Waals surface area (Å²) in [5.41, 5.74) is 1.18. The highest BCUT2D eigenvalue weighted by atomic mass is 32.2. The third kappa shape index (κ3) is 4.17. The summed E-state index contributed by atoms with van der Waals surface area (Å²) in [5.74, 6) is 0.580. The average molecular weight is 399 g/mol. The molecule has 0 saturated heterocycles. The van der Waals surface area contributed by atoms with Crippen molar-refractivity contribution >= 4 is 44.9 Å². The van der Waals surface area contributed by atoms with Crippen LogP contribution in [0.2, 0.25) is 0 Å². The Balaban J connectivity index is 2.10. The second-order valence-electron chi connectivity index (χ2n) is 5.57. The third-order valence-corrected chi connectivity index (χ3v) is 5.71. The molecule has 138 valence electrons. The Morgan fingerprint density at radius 1 is 1.37 bits per heavy atom. The predicted octanol–water partition coefficient (Wildman–Crippen LogP) is 4.65. The minimum atomic E-state index is -0.436. The van der Waals surface area contributed by atoms with Crippen LogP contribution < -0.4 is 4.80 Å². The molecule has 0 spiro atoms. The number of nitro groups is 1. The molecule has 0 saturated carbocycles. The van der Waals surface area contributed by atoms with Crippen molar-refractivity contribution in [2.24, 2.45) is 4.99 Å². The van der Waals surface area contributed by atoms with Gasteiger partial charge in [-0.3, -0.25) is 14.9 Å². The van der Waals surface area contributed by atoms with Gasteiger partial charge in [0.25, 0.3) is 11.6 Å². The number of fused-ring (bicyclic) bond motifs is 1. The van der Waals surface area contributed by atoms with Crippen molar-refractivity contribution in [3.8, 4) is 0 Å². The lowest BCUT2D eigenvalue weighted by molar-refractivity contribution is -0.384. The van der Waals surface area contributed by atoms with Crippen LogP contribution in [-0.4, -0.2) is 21.2 Å². The summed E-state index contributed by atoms with van der Waals surface area (Å²) in [7, 11) is 0. The lowest BCUT2D eigenvalue weighted by Crippen LogP contribution is -2.16. The average Bonchev–Trinajstić information content (AvgIpc) is 2.99. The van der Waals surface area contributed by atoms with Crippen molar-refractivity contribution in [3.63, 3.8) is 0 Å². The number of aromatic nitrogens is 1. The fourth-order valence-electron chi connectivity index (χ4n) is 2.60. The molecule has 27 heavy (non-hydrogen) atoms. The Labute approximate surface area is 164 Å². The molecule has 0 fully saturated rings. The number of carbonyl (C=O) groups excluding carboxylic acids is 1. The number of carbonyl (C=O) groups is 1. The van der Waals surface area contributed by atoms with Crippen molar-refractivity contribution in [1.82, 2.24) is 4.57 Å². The first-order valence-corrected chi connectivity index (χ1v) is 10.0. The number of allylic oxidation sites excluding steroid dienone is 1. The van der Waals surface area contributed by atoms with Crippen LogP contribution in [0.15, 0.2) is 65.0 Å². The molecule has 1 heterocycles. The van der Waals surface area contributed by atoms with Gasteiger partial charge in [-0.1, -0.05) is 30.4 Å². The van der Waals surface area contributed by atoms with Crippen molar-refractivity contribution in [1.29, 1.82) is 0 Å². The number of nitrogens with zero attached hydrogens (tertiary/aromatic N) is 3. The quantitative estimate of drug-likeness (QED) is 0.262. The number of rotatable bonds is 6. The standard InChI is InChI=1S/C19H17N3O3S2/c1-3-10-21-16-12-14(22(24)25)8-9-17(16)27-19(21)20-18(23)13-6-5-7-15(11-13)26-4-2/h3,5-9,11-12H,1,4,10H2,2H3. The molecule has 0 N–H and O–H groups in total. The van der Waals surface area contributed by atoms with Crippen molar-refractivity contribution in [2.45, 2.75) is 18.4 Å². The van der Waals surface area contributed by atoms with Gasteiger partial charge >= 0.3 is 0 Å². The first-order valence-electron chi connectivity index (χ1n) is 8.24. The van der Waals surface area contributed by atoms with Crippen molar-refractivity contribution < 1.29 is 9.72 Å². The van der Waals surface area contributed by atoms with Gasteiger partial charge in [-0.05, 0) is 30.0 Å². The zero-order chi connectivity index (χ0) is 19.4. The van der Waals surface area contributed by atoms with Crippen LogP contribution in [0.25, 0.3) is 10.2 Å².